The SMILES string of the molecule is N#Cc1ccc(-c2cc(-c3nc(-c4ccccc4)nc(-c4ccc(-n5c6ccccc6c6cc(C(=O)OCc7ccccc7)ccc65)c(C#N)c4)n3)ccc2-n2c3ccccc3c3cc(C(=O)OCc4ccccc4)ccc32)cc1. The van der Waals surface area contributed by atoms with Gasteiger partial charge in [-0.15, -0.1) is 0 Å². The molecule has 0 bridgehead atoms. The third-order valence-electron chi connectivity index (χ3n) is 14.3. The third kappa shape index (κ3) is 9.03. The van der Waals surface area contributed by atoms with E-state index in [-0.39, 0.29) is 13.2 Å². The fraction of sp³-hybridized carbons (Fsp3) is 0.0290. The van der Waals surface area contributed by atoms with Crippen molar-refractivity contribution < 1.29 is 19.1 Å². The van der Waals surface area contributed by atoms with Crippen molar-refractivity contribution in [1.82, 2.24) is 24.1 Å². The Kier molecular flexibility index (Phi) is 12.5. The minimum absolute atomic E-state index is 0.155. The van der Waals surface area contributed by atoms with Gasteiger partial charge in [0.05, 0.1) is 61.8 Å². The molecule has 0 saturated heterocycles. The summed E-state index contributed by atoms with van der Waals surface area (Å²) in [5.74, 6) is 0.362. The molecule has 10 aromatic carbocycles. The molecule has 0 spiro atoms. The zero-order valence-electron chi connectivity index (χ0n) is 42.7. The second-order valence-electron chi connectivity index (χ2n) is 19.2. The molecule has 0 fully saturated rings. The number of hydrogen-bond donors (Lipinski definition) is 0. The first-order valence-corrected chi connectivity index (χ1v) is 25.9. The van der Waals surface area contributed by atoms with Crippen LogP contribution in [0.5, 0.6) is 0 Å². The molecule has 80 heavy (non-hydrogen) atoms. The number of para-hydroxylation sites is 2. The van der Waals surface area contributed by atoms with Crippen molar-refractivity contribution in [3.05, 3.63) is 270 Å². The van der Waals surface area contributed by atoms with E-state index in [0.29, 0.717) is 56.5 Å². The van der Waals surface area contributed by atoms with Crippen LogP contribution in [-0.2, 0) is 22.7 Å². The molecule has 0 aliphatic rings. The minimum atomic E-state index is -0.430. The van der Waals surface area contributed by atoms with Crippen LogP contribution in [0.1, 0.15) is 43.0 Å². The maximum atomic E-state index is 13.5. The number of nitrogens with zero attached hydrogens (tertiary/aromatic N) is 7. The van der Waals surface area contributed by atoms with Crippen LogP contribution in [0.15, 0.2) is 237 Å². The summed E-state index contributed by atoms with van der Waals surface area (Å²) in [4.78, 5) is 42.2. The summed E-state index contributed by atoms with van der Waals surface area (Å²) in [5, 5.41) is 24.4. The Balaban J connectivity index is 0.913. The van der Waals surface area contributed by atoms with Crippen LogP contribution in [-0.4, -0.2) is 36.0 Å². The molecule has 13 aromatic rings. The smallest absolute Gasteiger partial charge is 0.338 e. The molecule has 11 nitrogen and oxygen atoms in total. The predicted molar refractivity (Wildman–Crippen MR) is 311 cm³/mol. The molecule has 11 heteroatoms. The topological polar surface area (TPSA) is 149 Å². The fourth-order valence-corrected chi connectivity index (χ4v) is 10.5. The highest BCUT2D eigenvalue weighted by Crippen LogP contribution is 2.40. The highest BCUT2D eigenvalue weighted by Gasteiger charge is 2.23. The zero-order valence-corrected chi connectivity index (χ0v) is 42.7. The first-order chi connectivity index (χ1) is 39.4. The number of aromatic nitrogens is 5. The maximum absolute atomic E-state index is 13.5. The standard InChI is InChI=1S/C69H43N7O4/c70-40-44-24-26-47(27-25-44)56-37-50(29-33-62(56)76-61-23-13-11-21-55(61)58-39-52(31-35-64(58)76)69(78)80-43-46-16-6-2-7-17-46)67-73-65(48-18-8-3-9-19-48)72-66(74-67)49-28-32-59(53(36-49)41-71)75-60-22-12-10-20-54(60)57-38-51(30-34-63(57)75)68(77)79-42-45-14-4-1-5-15-45/h1-39H,42-43H2. The average Bonchev–Trinajstić information content (AvgIpc) is 4.22. The second kappa shape index (κ2) is 20.7. The lowest BCUT2D eigenvalue weighted by Gasteiger charge is -2.16. The number of esters is 2. The van der Waals surface area contributed by atoms with Gasteiger partial charge in [0.25, 0.3) is 0 Å². The van der Waals surface area contributed by atoms with E-state index >= 15 is 0 Å². The maximum Gasteiger partial charge on any atom is 0.338 e. The Bertz CT molecular complexity index is 4650. The number of carbonyl (C=O) groups excluding carboxylic acids is 2. The zero-order chi connectivity index (χ0) is 54.1. The Morgan fingerprint density at radius 3 is 1.35 bits per heavy atom. The summed E-state index contributed by atoms with van der Waals surface area (Å²) in [7, 11) is 0. The van der Waals surface area contributed by atoms with Crippen LogP contribution in [0.25, 0.3) is 100 Å². The molecule has 0 atom stereocenters. The molecule has 3 heterocycles. The lowest BCUT2D eigenvalue weighted by molar-refractivity contribution is 0.0464. The second-order valence-corrected chi connectivity index (χ2v) is 19.2. The quantitative estimate of drug-likeness (QED) is 0.109. The van der Waals surface area contributed by atoms with Crippen molar-refractivity contribution in [3.8, 4) is 68.8 Å². The Morgan fingerprint density at radius 1 is 0.388 bits per heavy atom. The normalized spacial score (nSPS) is 11.2. The van der Waals surface area contributed by atoms with E-state index in [4.69, 9.17) is 24.4 Å². The van der Waals surface area contributed by atoms with Crippen LogP contribution in [0, 0.1) is 22.7 Å². The van der Waals surface area contributed by atoms with Crippen LogP contribution in [0.4, 0.5) is 0 Å². The van der Waals surface area contributed by atoms with Crippen LogP contribution >= 0.6 is 0 Å². The van der Waals surface area contributed by atoms with Gasteiger partial charge in [-0.25, -0.2) is 24.5 Å². The summed E-state index contributed by atoms with van der Waals surface area (Å²) < 4.78 is 15.7. The molecule has 0 radical (unpaired) electrons. The summed E-state index contributed by atoms with van der Waals surface area (Å²) in [6, 6.07) is 80.0. The number of carbonyl (C=O) groups is 2. The molecule has 0 saturated carbocycles. The van der Waals surface area contributed by atoms with Gasteiger partial charge in [0.1, 0.15) is 19.3 Å². The van der Waals surface area contributed by atoms with Gasteiger partial charge < -0.3 is 18.6 Å². The number of nitriles is 2. The number of hydrogen-bond acceptors (Lipinski definition) is 9. The van der Waals surface area contributed by atoms with Gasteiger partial charge in [-0.1, -0.05) is 140 Å². The molecule has 0 N–H and O–H groups in total. The first-order valence-electron chi connectivity index (χ1n) is 25.9. The van der Waals surface area contributed by atoms with E-state index < -0.39 is 11.9 Å². The number of fused-ring (bicyclic) bond motifs is 6. The van der Waals surface area contributed by atoms with Crippen molar-refractivity contribution in [3.63, 3.8) is 0 Å². The summed E-state index contributed by atoms with van der Waals surface area (Å²) >= 11 is 0. The van der Waals surface area contributed by atoms with Crippen LogP contribution in [0.2, 0.25) is 0 Å². The minimum Gasteiger partial charge on any atom is -0.457 e. The highest BCUT2D eigenvalue weighted by atomic mass is 16.5. The van der Waals surface area contributed by atoms with Gasteiger partial charge in [-0.05, 0) is 114 Å². The lowest BCUT2D eigenvalue weighted by atomic mass is 9.99. The fourth-order valence-electron chi connectivity index (χ4n) is 10.5. The number of rotatable bonds is 12. The van der Waals surface area contributed by atoms with Crippen molar-refractivity contribution in [2.45, 2.75) is 13.2 Å². The van der Waals surface area contributed by atoms with Gasteiger partial charge in [0.15, 0.2) is 17.5 Å². The molecular formula is C69H43N7O4. The van der Waals surface area contributed by atoms with Crippen LogP contribution < -0.4 is 0 Å². The van der Waals surface area contributed by atoms with E-state index in [0.717, 1.165) is 77.1 Å². The largest absolute Gasteiger partial charge is 0.457 e. The summed E-state index contributed by atoms with van der Waals surface area (Å²) in [6.45, 7) is 0.314. The van der Waals surface area contributed by atoms with E-state index in [9.17, 15) is 20.1 Å². The van der Waals surface area contributed by atoms with E-state index in [1.807, 2.05) is 193 Å². The van der Waals surface area contributed by atoms with E-state index in [1.165, 1.54) is 0 Å². The van der Waals surface area contributed by atoms with E-state index in [1.54, 1.807) is 30.3 Å². The highest BCUT2D eigenvalue weighted by molar-refractivity contribution is 6.13. The first kappa shape index (κ1) is 48.4. The van der Waals surface area contributed by atoms with E-state index in [2.05, 4.69) is 34.9 Å². The average molecular weight is 1030 g/mol. The predicted octanol–water partition coefficient (Wildman–Crippen LogP) is 15.2. The lowest BCUT2D eigenvalue weighted by Crippen LogP contribution is -2.05. The molecular weight excluding hydrogens is 991 g/mol. The number of benzene rings is 10. The van der Waals surface area contributed by atoms with Gasteiger partial charge in [0, 0.05) is 43.8 Å². The van der Waals surface area contributed by atoms with Crippen molar-refractivity contribution >= 4 is 55.6 Å². The Hall–Kier alpha value is -11.3. The molecule has 3 aromatic heterocycles. The van der Waals surface area contributed by atoms with Crippen molar-refractivity contribution in [1.29, 1.82) is 10.5 Å². The Labute approximate surface area is 459 Å². The van der Waals surface area contributed by atoms with Gasteiger partial charge in [0.2, 0.25) is 0 Å². The summed E-state index contributed by atoms with van der Waals surface area (Å²) in [5.41, 5.74) is 12.3. The molecule has 13 rings (SSSR count). The van der Waals surface area contributed by atoms with Crippen molar-refractivity contribution in [2.75, 3.05) is 0 Å². The van der Waals surface area contributed by atoms with Crippen molar-refractivity contribution in [2.24, 2.45) is 0 Å². The van der Waals surface area contributed by atoms with Gasteiger partial charge >= 0.3 is 11.9 Å². The molecule has 0 aliphatic heterocycles. The Morgan fingerprint density at radius 2 is 0.825 bits per heavy atom. The molecule has 0 aliphatic carbocycles. The number of ether oxygens (including phenoxy) is 2. The third-order valence-corrected chi connectivity index (χ3v) is 14.3. The van der Waals surface area contributed by atoms with Gasteiger partial charge in [-0.3, -0.25) is 0 Å². The molecule has 0 amide bonds. The monoisotopic (exact) mass is 1030 g/mol. The van der Waals surface area contributed by atoms with Crippen LogP contribution in [0.3, 0.4) is 0 Å². The summed E-state index contributed by atoms with van der Waals surface area (Å²) in [6.07, 6.45) is 0. The van der Waals surface area contributed by atoms with Gasteiger partial charge in [-0.2, -0.15) is 10.5 Å². The molecule has 0 unspecified atom stereocenters. The molecule has 378 valence electrons.